The number of aromatic nitrogens is 2. The number of unbranched alkanes of at least 4 members (excludes halogenated alkanes) is 9. The van der Waals surface area contributed by atoms with Crippen molar-refractivity contribution in [3.05, 3.63) is 127 Å². The van der Waals surface area contributed by atoms with Crippen LogP contribution in [0.1, 0.15) is 185 Å². The van der Waals surface area contributed by atoms with Gasteiger partial charge in [-0.25, -0.2) is 8.78 Å². The fourth-order valence-electron chi connectivity index (χ4n) is 16.0. The van der Waals surface area contributed by atoms with Crippen LogP contribution in [-0.4, -0.2) is 157 Å². The second-order valence-corrected chi connectivity index (χ2v) is 29.5. The standard InChI is InChI=1S/C72H106F2N10O4/c1-49-33-53(20-25-56(49)36-61-39-75-50(2)41-81(61)45-65(85)83-47-71(5,6)67-63(83)37-57(69(87)77-67)34-54-21-26-59(73)27-22-54)19-17-15-13-11-9-10-12-14-16-18-30-79-31-32-80(52(4)43-79)44-62-40-76-51(3)42-82(62)46-66(86)84-48-72(7,8)68-64(84)38-58(70(88)78-68)35-55-23-28-60(74)29-24-55/h21-24,26-29,37-38,49-53,56,61-62,75-76H,9-20,25,30-36,39-48H2,1-8H3,(H,77,87)(H,78,88)/t49-,50-,51-,52-,53?,56?,61+,62-/m1/s1. The number of nitrogens with zero attached hydrogens (tertiary/aromatic N) is 6. The molecule has 8 atom stereocenters. The summed E-state index contributed by atoms with van der Waals surface area (Å²) in [6, 6.07) is 17.9. The monoisotopic (exact) mass is 1210 g/mol. The minimum atomic E-state index is -0.389. The summed E-state index contributed by atoms with van der Waals surface area (Å²) in [7, 11) is 0. The quantitative estimate of drug-likeness (QED) is 0.0474. The SMILES string of the molecule is C[C@@H]1CN(CC(=O)N2CC(C)(C)c3[nH]c(=O)c(Cc4ccc(F)cc4)cc32)[C@@H](CC2CCC(CCCCCCCCCCCCN3CCN(C[C@H]4CN[C@H](C)CN4CC(=O)N4CC(C)(C)c5[nH]c(=O)c(Cc6ccc(F)cc6)cc54)[C@H](C)C3)C[C@H]2C)CN1. The molecule has 10 rings (SSSR count). The Morgan fingerprint density at radius 1 is 0.580 bits per heavy atom. The number of rotatable bonds is 25. The Bertz CT molecular complexity index is 2890. The molecular weight excluding hydrogens is 1110 g/mol. The zero-order chi connectivity index (χ0) is 62.3. The fourth-order valence-corrected chi connectivity index (χ4v) is 16.0. The lowest BCUT2D eigenvalue weighted by Gasteiger charge is -2.45. The molecule has 4 N–H and O–H groups in total. The molecule has 0 radical (unpaired) electrons. The average Bonchev–Trinajstić information content (AvgIpc) is 1.66. The van der Waals surface area contributed by atoms with Crippen LogP contribution < -0.4 is 31.6 Å². The van der Waals surface area contributed by atoms with Crippen molar-refractivity contribution in [2.45, 2.75) is 206 Å². The van der Waals surface area contributed by atoms with Gasteiger partial charge in [0.1, 0.15) is 11.6 Å². The summed E-state index contributed by atoms with van der Waals surface area (Å²) in [5, 5.41) is 7.45. The van der Waals surface area contributed by atoms with Crippen LogP contribution in [0.4, 0.5) is 20.2 Å². The van der Waals surface area contributed by atoms with E-state index in [-0.39, 0.29) is 57.5 Å². The molecule has 2 unspecified atom stereocenters. The minimum Gasteiger partial charge on any atom is -0.323 e. The first-order valence-corrected chi connectivity index (χ1v) is 34.2. The van der Waals surface area contributed by atoms with Crippen LogP contribution in [0.3, 0.4) is 0 Å². The van der Waals surface area contributed by atoms with Crippen molar-refractivity contribution >= 4 is 23.2 Å². The molecule has 0 bridgehead atoms. The third-order valence-corrected chi connectivity index (χ3v) is 21.2. The number of carbonyl (C=O) groups excluding carboxylic acids is 2. The topological polar surface area (TPSA) is 143 Å². The molecule has 2 amide bonds. The van der Waals surface area contributed by atoms with Crippen LogP contribution in [0.15, 0.2) is 70.3 Å². The Kier molecular flexibility index (Phi) is 22.0. The lowest BCUT2D eigenvalue weighted by atomic mass is 9.71. The zero-order valence-electron chi connectivity index (χ0n) is 54.7. The van der Waals surface area contributed by atoms with Gasteiger partial charge in [0.15, 0.2) is 0 Å². The van der Waals surface area contributed by atoms with Crippen LogP contribution in [0, 0.1) is 29.4 Å². The van der Waals surface area contributed by atoms with Crippen molar-refractivity contribution in [1.82, 2.24) is 40.2 Å². The zero-order valence-corrected chi connectivity index (χ0v) is 54.7. The smallest absolute Gasteiger partial charge is 0.251 e. The number of pyridine rings is 2. The molecule has 2 aromatic heterocycles. The highest BCUT2D eigenvalue weighted by Crippen LogP contribution is 2.42. The average molecular weight is 1210 g/mol. The van der Waals surface area contributed by atoms with Crippen LogP contribution in [0.25, 0.3) is 0 Å². The van der Waals surface area contributed by atoms with E-state index >= 15 is 0 Å². The number of amides is 2. The molecule has 5 aliphatic heterocycles. The minimum absolute atomic E-state index is 0.0615. The van der Waals surface area contributed by atoms with Crippen molar-refractivity contribution in [3.8, 4) is 0 Å². The van der Waals surface area contributed by atoms with E-state index in [0.29, 0.717) is 80.1 Å². The van der Waals surface area contributed by atoms with Gasteiger partial charge in [-0.2, -0.15) is 0 Å². The second kappa shape index (κ2) is 29.5. The number of hydrogen-bond acceptors (Lipinski definition) is 10. The van der Waals surface area contributed by atoms with E-state index in [1.807, 2.05) is 21.9 Å². The molecule has 6 aliphatic rings. The van der Waals surface area contributed by atoms with Crippen LogP contribution in [-0.2, 0) is 33.3 Å². The first-order chi connectivity index (χ1) is 42.2. The third-order valence-electron chi connectivity index (χ3n) is 21.2. The van der Waals surface area contributed by atoms with Gasteiger partial charge in [0.2, 0.25) is 11.8 Å². The number of benzene rings is 2. The number of nitrogens with one attached hydrogen (secondary N) is 4. The maximum atomic E-state index is 14.4. The Hall–Kier alpha value is -5.10. The molecule has 14 nitrogen and oxygen atoms in total. The summed E-state index contributed by atoms with van der Waals surface area (Å²) < 4.78 is 27.3. The predicted octanol–water partition coefficient (Wildman–Crippen LogP) is 10.5. The van der Waals surface area contributed by atoms with Gasteiger partial charge in [0.25, 0.3) is 11.1 Å². The molecule has 1 saturated carbocycles. The highest BCUT2D eigenvalue weighted by atomic mass is 19.1. The fraction of sp³-hybridized carbons (Fsp3) is 0.667. The molecule has 16 heteroatoms. The number of halogens is 2. The Labute approximate surface area is 524 Å². The number of hydrogen-bond donors (Lipinski definition) is 4. The van der Waals surface area contributed by atoms with E-state index in [0.717, 1.165) is 98.6 Å². The van der Waals surface area contributed by atoms with E-state index in [2.05, 4.69) is 95.6 Å². The molecule has 0 spiro atoms. The number of anilines is 2. The molecule has 4 aromatic rings. The van der Waals surface area contributed by atoms with Gasteiger partial charge in [0.05, 0.1) is 24.5 Å². The van der Waals surface area contributed by atoms with E-state index in [4.69, 9.17) is 0 Å². The largest absolute Gasteiger partial charge is 0.323 e. The summed E-state index contributed by atoms with van der Waals surface area (Å²) in [4.78, 5) is 75.5. The molecule has 1 aliphatic carbocycles. The summed E-state index contributed by atoms with van der Waals surface area (Å²) >= 11 is 0. The third kappa shape index (κ3) is 16.7. The first-order valence-electron chi connectivity index (χ1n) is 34.2. The van der Waals surface area contributed by atoms with E-state index in [1.54, 1.807) is 24.3 Å². The number of carbonyl (C=O) groups is 2. The summed E-state index contributed by atoms with van der Waals surface area (Å²) in [6.07, 6.45) is 20.6. The van der Waals surface area contributed by atoms with Crippen LogP contribution >= 0.6 is 0 Å². The number of fused-ring (bicyclic) bond motifs is 2. The summed E-state index contributed by atoms with van der Waals surface area (Å²) in [6.45, 7) is 28.1. The van der Waals surface area contributed by atoms with Crippen molar-refractivity contribution in [2.24, 2.45) is 17.8 Å². The van der Waals surface area contributed by atoms with Gasteiger partial charge in [-0.05, 0) is 118 Å². The van der Waals surface area contributed by atoms with Crippen molar-refractivity contribution in [1.29, 1.82) is 0 Å². The summed E-state index contributed by atoms with van der Waals surface area (Å²) in [5.41, 5.74) is 4.98. The molecule has 3 saturated heterocycles. The molecule has 482 valence electrons. The second-order valence-electron chi connectivity index (χ2n) is 29.5. The molecular formula is C72H106F2N10O4. The Morgan fingerprint density at radius 3 is 1.56 bits per heavy atom. The van der Waals surface area contributed by atoms with Gasteiger partial charge < -0.3 is 35.3 Å². The van der Waals surface area contributed by atoms with E-state index < -0.39 is 0 Å². The molecule has 7 heterocycles. The van der Waals surface area contributed by atoms with E-state index in [1.165, 1.54) is 121 Å². The van der Waals surface area contributed by atoms with Crippen molar-refractivity contribution < 1.29 is 18.4 Å². The highest BCUT2D eigenvalue weighted by molar-refractivity contribution is 5.98. The van der Waals surface area contributed by atoms with Gasteiger partial charge in [-0.1, -0.05) is 130 Å². The molecule has 2 aromatic carbocycles. The lowest BCUT2D eigenvalue weighted by molar-refractivity contribution is -0.121. The lowest BCUT2D eigenvalue weighted by Crippen LogP contribution is -2.63. The number of piperazine rings is 3. The van der Waals surface area contributed by atoms with Crippen LogP contribution in [0.5, 0.6) is 0 Å². The van der Waals surface area contributed by atoms with Gasteiger partial charge in [0, 0.05) is 142 Å². The van der Waals surface area contributed by atoms with E-state index in [9.17, 15) is 28.0 Å². The molecule has 4 fully saturated rings. The van der Waals surface area contributed by atoms with Gasteiger partial charge in [-0.3, -0.25) is 33.9 Å². The molecule has 88 heavy (non-hydrogen) atoms. The van der Waals surface area contributed by atoms with Crippen molar-refractivity contribution in [3.63, 3.8) is 0 Å². The highest BCUT2D eigenvalue weighted by Gasteiger charge is 2.43. The maximum Gasteiger partial charge on any atom is 0.251 e. The Morgan fingerprint density at radius 2 is 1.06 bits per heavy atom. The normalized spacial score (nSPS) is 25.9. The Balaban J connectivity index is 0.576. The number of H-pyrrole nitrogens is 2. The van der Waals surface area contributed by atoms with Gasteiger partial charge in [-0.15, -0.1) is 0 Å². The number of aromatic amines is 2. The van der Waals surface area contributed by atoms with Crippen molar-refractivity contribution in [2.75, 3.05) is 94.9 Å². The predicted molar refractivity (Wildman–Crippen MR) is 352 cm³/mol. The van der Waals surface area contributed by atoms with Gasteiger partial charge >= 0.3 is 0 Å². The van der Waals surface area contributed by atoms with Crippen LogP contribution in [0.2, 0.25) is 0 Å². The first kappa shape index (κ1) is 65.8. The summed E-state index contributed by atoms with van der Waals surface area (Å²) in [5.74, 6) is 1.73. The maximum absolute atomic E-state index is 14.4.